The molecule has 5 aromatic rings. The van der Waals surface area contributed by atoms with Crippen molar-refractivity contribution in [3.05, 3.63) is 150 Å². The van der Waals surface area contributed by atoms with Crippen molar-refractivity contribution in [2.24, 2.45) is 15.6 Å². The van der Waals surface area contributed by atoms with Crippen LogP contribution in [0.2, 0.25) is 0 Å². The predicted octanol–water partition coefficient (Wildman–Crippen LogP) is 11.4. The molecule has 11 nitrogen and oxygen atoms in total. The van der Waals surface area contributed by atoms with Crippen molar-refractivity contribution in [3.63, 3.8) is 0 Å². The van der Waals surface area contributed by atoms with Crippen molar-refractivity contribution in [3.8, 4) is 17.6 Å². The number of rotatable bonds is 21. The number of hydrogen-bond donors (Lipinski definition) is 1. The molecule has 0 saturated carbocycles. The van der Waals surface area contributed by atoms with Crippen molar-refractivity contribution in [1.82, 2.24) is 4.67 Å². The minimum Gasteiger partial charge on any atom is -0.497 e. The van der Waals surface area contributed by atoms with Gasteiger partial charge in [0.2, 0.25) is 5.91 Å². The Morgan fingerprint density at radius 1 is 0.695 bits per heavy atom. The Bertz CT molecular complexity index is 2060. The molecule has 2 unspecified atom stereocenters. The summed E-state index contributed by atoms with van der Waals surface area (Å²) in [4.78, 5) is 14.8. The van der Waals surface area contributed by atoms with Crippen LogP contribution in [-0.4, -0.2) is 56.7 Å². The number of carbonyl (C=O) groups excluding carboxylic acids is 1. The molecular formula is C47H54N5O6P. The van der Waals surface area contributed by atoms with Gasteiger partial charge in [-0.15, -0.1) is 0 Å². The molecule has 2 atom stereocenters. The van der Waals surface area contributed by atoms with Crippen LogP contribution in [-0.2, 0) is 24.2 Å². The van der Waals surface area contributed by atoms with Gasteiger partial charge in [-0.1, -0.05) is 72.8 Å². The second-order valence-corrected chi connectivity index (χ2v) is 16.2. The molecule has 59 heavy (non-hydrogen) atoms. The van der Waals surface area contributed by atoms with E-state index in [1.54, 1.807) is 38.5 Å². The molecule has 1 N–H and O–H groups in total. The maximum absolute atomic E-state index is 14.8. The molecule has 0 fully saturated rings. The monoisotopic (exact) mass is 815 g/mol. The maximum atomic E-state index is 14.8. The van der Waals surface area contributed by atoms with E-state index in [0.29, 0.717) is 22.9 Å². The third-order valence-corrected chi connectivity index (χ3v) is 11.7. The van der Waals surface area contributed by atoms with Gasteiger partial charge in [-0.3, -0.25) is 4.79 Å². The first-order valence-electron chi connectivity index (χ1n) is 19.6. The zero-order valence-corrected chi connectivity index (χ0v) is 35.8. The first-order chi connectivity index (χ1) is 28.5. The normalized spacial score (nSPS) is 13.3. The highest BCUT2D eigenvalue weighted by Gasteiger charge is 2.44. The van der Waals surface area contributed by atoms with E-state index < -0.39 is 19.5 Å². The third kappa shape index (κ3) is 11.6. The molecule has 0 heterocycles. The number of carbonyl (C=O) groups is 1. The zero-order chi connectivity index (χ0) is 42.3. The molecule has 0 aliphatic rings. The number of hydrogen-bond acceptors (Lipinski definition) is 10. The van der Waals surface area contributed by atoms with E-state index in [-0.39, 0.29) is 44.2 Å². The molecular weight excluding hydrogens is 762 g/mol. The SMILES string of the molecule is COc1ccc(C(OCC(C)(COP(OCCC#N)N(C(C)C)C(C)C)C(=O)Nc2ccc(N=Nc3ccccc3)cc2)(c2ccccc2)c2ccc(OC)cc2)cc1. The van der Waals surface area contributed by atoms with Crippen LogP contribution >= 0.6 is 8.53 Å². The van der Waals surface area contributed by atoms with E-state index in [2.05, 4.69) is 54.0 Å². The average molecular weight is 816 g/mol. The van der Waals surface area contributed by atoms with Gasteiger partial charge in [-0.25, -0.2) is 4.67 Å². The summed E-state index contributed by atoms with van der Waals surface area (Å²) < 4.78 is 33.5. The fourth-order valence-electron chi connectivity index (χ4n) is 6.53. The van der Waals surface area contributed by atoms with Crippen molar-refractivity contribution >= 4 is 31.5 Å². The van der Waals surface area contributed by atoms with Crippen LogP contribution in [0, 0.1) is 16.7 Å². The Kier molecular flexibility index (Phi) is 16.3. The summed E-state index contributed by atoms with van der Waals surface area (Å²) in [5.41, 5.74) is 1.96. The Balaban J connectivity index is 1.56. The lowest BCUT2D eigenvalue weighted by atomic mass is 9.79. The largest absolute Gasteiger partial charge is 0.497 e. The minimum atomic E-state index is -1.68. The summed E-state index contributed by atoms with van der Waals surface area (Å²) in [7, 11) is 1.58. The van der Waals surface area contributed by atoms with Gasteiger partial charge in [0.05, 0.1) is 63.3 Å². The highest BCUT2D eigenvalue weighted by atomic mass is 31.2. The second-order valence-electron chi connectivity index (χ2n) is 14.7. The molecule has 0 aromatic heterocycles. The first-order valence-corrected chi connectivity index (χ1v) is 20.7. The highest BCUT2D eigenvalue weighted by molar-refractivity contribution is 7.44. The van der Waals surface area contributed by atoms with Gasteiger partial charge in [0.15, 0.2) is 0 Å². The van der Waals surface area contributed by atoms with Crippen LogP contribution in [0.25, 0.3) is 0 Å². The van der Waals surface area contributed by atoms with Gasteiger partial charge in [0, 0.05) is 17.8 Å². The molecule has 0 aliphatic carbocycles. The lowest BCUT2D eigenvalue weighted by Crippen LogP contribution is -2.45. The Morgan fingerprint density at radius 3 is 1.68 bits per heavy atom. The number of anilines is 1. The summed E-state index contributed by atoms with van der Waals surface area (Å²) in [6.45, 7) is 10.2. The zero-order valence-electron chi connectivity index (χ0n) is 34.9. The molecule has 5 aromatic carbocycles. The number of ether oxygens (including phenoxy) is 3. The predicted molar refractivity (Wildman–Crippen MR) is 233 cm³/mol. The standard InChI is InChI=1S/C47H54N5O6P/c1-35(2)52(36(3)4)59(57-32-14-31-48)58-34-46(5,45(53)49-40-23-25-42(26-24-40)51-50-41-17-12-9-13-18-41)33-56-47(37-15-10-8-11-16-37,38-19-27-43(54-6)28-20-38)39-21-29-44(55-7)30-22-39/h8-13,15-30,35-36H,14,32-34H2,1-7H3,(H,49,53). The van der Waals surface area contributed by atoms with E-state index in [0.717, 1.165) is 22.4 Å². The van der Waals surface area contributed by atoms with Crippen LogP contribution in [0.15, 0.2) is 144 Å². The van der Waals surface area contributed by atoms with E-state index in [4.69, 9.17) is 23.3 Å². The Morgan fingerprint density at radius 2 is 1.19 bits per heavy atom. The van der Waals surface area contributed by atoms with E-state index in [9.17, 15) is 10.1 Å². The van der Waals surface area contributed by atoms with Crippen molar-refractivity contribution in [2.45, 2.75) is 58.7 Å². The van der Waals surface area contributed by atoms with Crippen molar-refractivity contribution in [2.75, 3.05) is 39.4 Å². The van der Waals surface area contributed by atoms with Gasteiger partial charge in [-0.2, -0.15) is 15.5 Å². The number of methoxy groups -OCH3 is 2. The minimum absolute atomic E-state index is 0.0629. The van der Waals surface area contributed by atoms with E-state index >= 15 is 0 Å². The summed E-state index contributed by atoms with van der Waals surface area (Å²) in [6.07, 6.45) is 0.206. The number of nitrogens with zero attached hydrogens (tertiary/aromatic N) is 4. The van der Waals surface area contributed by atoms with Gasteiger partial charge < -0.3 is 28.6 Å². The van der Waals surface area contributed by atoms with Crippen LogP contribution < -0.4 is 14.8 Å². The molecule has 5 rings (SSSR count). The smallest absolute Gasteiger partial charge is 0.259 e. The molecule has 12 heteroatoms. The van der Waals surface area contributed by atoms with Crippen molar-refractivity contribution < 1.29 is 28.1 Å². The fraction of sp³-hybridized carbons (Fsp3) is 0.319. The summed E-state index contributed by atoms with van der Waals surface area (Å²) in [6, 6.07) is 44.4. The number of amides is 1. The lowest BCUT2D eigenvalue weighted by molar-refractivity contribution is -0.134. The summed E-state index contributed by atoms with van der Waals surface area (Å²) >= 11 is 0. The number of nitriles is 1. The lowest BCUT2D eigenvalue weighted by Gasteiger charge is -2.40. The number of nitrogens with one attached hydrogen (secondary N) is 1. The molecule has 0 saturated heterocycles. The van der Waals surface area contributed by atoms with Gasteiger partial charge in [0.25, 0.3) is 8.53 Å². The van der Waals surface area contributed by atoms with Gasteiger partial charge in [0.1, 0.15) is 17.1 Å². The van der Waals surface area contributed by atoms with Crippen LogP contribution in [0.4, 0.5) is 17.1 Å². The van der Waals surface area contributed by atoms with E-state index in [1.165, 1.54) is 0 Å². The van der Waals surface area contributed by atoms with Crippen LogP contribution in [0.3, 0.4) is 0 Å². The second kappa shape index (κ2) is 21.5. The van der Waals surface area contributed by atoms with Gasteiger partial charge >= 0.3 is 0 Å². The van der Waals surface area contributed by atoms with Crippen molar-refractivity contribution in [1.29, 1.82) is 5.26 Å². The molecule has 0 spiro atoms. The third-order valence-electron chi connectivity index (χ3n) is 9.65. The molecule has 1 amide bonds. The highest BCUT2D eigenvalue weighted by Crippen LogP contribution is 2.48. The van der Waals surface area contributed by atoms with Crippen LogP contribution in [0.5, 0.6) is 11.5 Å². The van der Waals surface area contributed by atoms with Gasteiger partial charge in [-0.05, 0) is 112 Å². The molecule has 0 radical (unpaired) electrons. The number of benzene rings is 5. The topological polar surface area (TPSA) is 127 Å². The Hall–Kier alpha value is -5.47. The number of azo groups is 1. The van der Waals surface area contributed by atoms with E-state index in [1.807, 2.05) is 116 Å². The summed E-state index contributed by atoms with van der Waals surface area (Å²) in [5, 5.41) is 21.1. The Labute approximate surface area is 349 Å². The van der Waals surface area contributed by atoms with Crippen LogP contribution in [0.1, 0.15) is 57.7 Å². The average Bonchev–Trinajstić information content (AvgIpc) is 3.26. The first kappa shape index (κ1) is 44.6. The maximum Gasteiger partial charge on any atom is 0.259 e. The molecule has 0 bridgehead atoms. The quantitative estimate of drug-likeness (QED) is 0.0336. The summed E-state index contributed by atoms with van der Waals surface area (Å²) in [5.74, 6) is 1.07. The fourth-order valence-corrected chi connectivity index (χ4v) is 8.27. The molecule has 308 valence electrons. The molecule has 0 aliphatic heterocycles.